The molecule has 3 aromatic rings. The lowest BCUT2D eigenvalue weighted by Crippen LogP contribution is -2.62. The highest BCUT2D eigenvalue weighted by Crippen LogP contribution is 2.41. The van der Waals surface area contributed by atoms with Gasteiger partial charge in [0.25, 0.3) is 5.91 Å². The van der Waals surface area contributed by atoms with E-state index in [1.54, 1.807) is 23.6 Å². The summed E-state index contributed by atoms with van der Waals surface area (Å²) in [6, 6.07) is 15.9. The van der Waals surface area contributed by atoms with Crippen LogP contribution < -0.4 is 26.7 Å². The average molecular weight is 896 g/mol. The van der Waals surface area contributed by atoms with E-state index in [9.17, 15) is 36.6 Å². The predicted molar refractivity (Wildman–Crippen MR) is 229 cm³/mol. The van der Waals surface area contributed by atoms with Crippen LogP contribution in [-0.2, 0) is 27.2 Å². The second-order valence-corrected chi connectivity index (χ2v) is 16.8. The molecular weight excluding hydrogens is 842 g/mol. The molecule has 7 N–H and O–H groups in total. The Morgan fingerprint density at radius 3 is 2.19 bits per heavy atom. The lowest BCUT2D eigenvalue weighted by molar-refractivity contribution is -0.221. The van der Waals surface area contributed by atoms with Crippen LogP contribution in [0.25, 0.3) is 0 Å². The number of hydrazine groups is 1. The van der Waals surface area contributed by atoms with Crippen molar-refractivity contribution in [2.24, 2.45) is 11.1 Å². The summed E-state index contributed by atoms with van der Waals surface area (Å²) >= 11 is 0. The molecule has 19 heteroatoms. The van der Waals surface area contributed by atoms with Crippen LogP contribution in [0.4, 0.5) is 32.6 Å². The Hall–Kier alpha value is -5.65. The van der Waals surface area contributed by atoms with Crippen molar-refractivity contribution >= 4 is 23.5 Å². The molecule has 0 saturated carbocycles. The number of nitrogens with zero attached hydrogens (tertiary/aromatic N) is 4. The van der Waals surface area contributed by atoms with Gasteiger partial charge in [0.15, 0.2) is 0 Å². The monoisotopic (exact) mass is 895 g/mol. The first-order valence-corrected chi connectivity index (χ1v) is 20.9. The Balaban J connectivity index is 1.09. The summed E-state index contributed by atoms with van der Waals surface area (Å²) in [6.07, 6.45) is -1.10. The zero-order valence-corrected chi connectivity index (χ0v) is 35.7. The van der Waals surface area contributed by atoms with Gasteiger partial charge in [-0.05, 0) is 80.1 Å². The van der Waals surface area contributed by atoms with Gasteiger partial charge in [-0.2, -0.15) is 22.0 Å². The number of methoxy groups -OCH3 is 1. The number of allylic oxidation sites excluding steroid dienone is 1. The molecule has 0 spiro atoms. The van der Waals surface area contributed by atoms with Gasteiger partial charge >= 0.3 is 18.8 Å². The number of halogens is 5. The standard InChI is InChI=1S/C45H54F5N9O5/c1-44(2,45(48,49)50)40(55-43(62)63-3)41(61)56-58(22-31-10-13-32(14-11-31)36(51)18-19-53-42(46)47)25-38(60)37(52)20-29-7-4-28(5-8-29)6-9-30-12-17-39(54-21-30)57-23-33-15-16-34(24-57)59(33)35-26-64-27-35/h4-5,7-8,10-14,17-19,21,33-35,37-38,40,42,51,53,60H,15-16,20,22-27,52H2,1-3H3,(H,55,62)(H,56,61)/b19-18-,51-36?/t33?,34?,37-,38-,40+/m0/s1. The molecule has 14 nitrogen and oxygen atoms in total. The van der Waals surface area contributed by atoms with Crippen molar-refractivity contribution in [3.63, 3.8) is 0 Å². The van der Waals surface area contributed by atoms with E-state index in [2.05, 4.69) is 31.8 Å². The van der Waals surface area contributed by atoms with Gasteiger partial charge in [-0.15, -0.1) is 0 Å². The van der Waals surface area contributed by atoms with Crippen molar-refractivity contribution in [1.82, 2.24) is 31.0 Å². The molecule has 0 aliphatic carbocycles. The third-order valence-corrected chi connectivity index (χ3v) is 11.9. The highest BCUT2D eigenvalue weighted by atomic mass is 19.4. The van der Waals surface area contributed by atoms with E-state index in [-0.39, 0.29) is 25.2 Å². The number of aliphatic hydroxyl groups excluding tert-OH is 1. The maximum absolute atomic E-state index is 14.2. The number of nitrogens with two attached hydrogens (primary N) is 1. The quantitative estimate of drug-likeness (QED) is 0.0374. The van der Waals surface area contributed by atoms with Crippen LogP contribution in [0.3, 0.4) is 0 Å². The average Bonchev–Trinajstić information content (AvgIpc) is 3.47. The van der Waals surface area contributed by atoms with Crippen LogP contribution in [0, 0.1) is 22.7 Å². The van der Waals surface area contributed by atoms with Crippen molar-refractivity contribution in [2.75, 3.05) is 44.9 Å². The van der Waals surface area contributed by atoms with E-state index in [1.807, 2.05) is 41.7 Å². The molecule has 2 amide bonds. The first-order valence-electron chi connectivity index (χ1n) is 20.9. The van der Waals surface area contributed by atoms with Crippen LogP contribution >= 0.6 is 0 Å². The Kier molecular flexibility index (Phi) is 15.6. The van der Waals surface area contributed by atoms with Gasteiger partial charge in [-0.25, -0.2) is 14.8 Å². The number of anilines is 1. The molecular formula is C45H54F5N9O5. The van der Waals surface area contributed by atoms with Gasteiger partial charge in [0.1, 0.15) is 11.9 Å². The Morgan fingerprint density at radius 1 is 1.00 bits per heavy atom. The number of pyridine rings is 1. The van der Waals surface area contributed by atoms with Crippen LogP contribution in [0.15, 0.2) is 79.1 Å². The zero-order valence-electron chi connectivity index (χ0n) is 35.7. The number of nitrogens with one attached hydrogen (secondary N) is 4. The van der Waals surface area contributed by atoms with E-state index >= 15 is 0 Å². The fourth-order valence-electron chi connectivity index (χ4n) is 7.99. The van der Waals surface area contributed by atoms with Crippen molar-refractivity contribution in [1.29, 1.82) is 5.41 Å². The minimum atomic E-state index is -4.94. The van der Waals surface area contributed by atoms with Gasteiger partial charge in [0, 0.05) is 67.8 Å². The molecule has 3 aliphatic rings. The summed E-state index contributed by atoms with van der Waals surface area (Å²) in [4.78, 5) is 35.4. The maximum atomic E-state index is 14.2. The summed E-state index contributed by atoms with van der Waals surface area (Å²) in [5.74, 6) is 6.01. The van der Waals surface area contributed by atoms with Gasteiger partial charge in [0.05, 0.1) is 43.6 Å². The lowest BCUT2D eigenvalue weighted by Gasteiger charge is -2.47. The number of amides is 2. The first-order chi connectivity index (χ1) is 30.4. The minimum Gasteiger partial charge on any atom is -0.453 e. The van der Waals surface area contributed by atoms with Gasteiger partial charge in [-0.1, -0.05) is 48.2 Å². The fourth-order valence-corrected chi connectivity index (χ4v) is 7.99. The number of alkyl halides is 5. The highest BCUT2D eigenvalue weighted by molar-refractivity contribution is 6.06. The van der Waals surface area contributed by atoms with Crippen molar-refractivity contribution in [3.05, 3.63) is 107 Å². The number of carbonyl (C=O) groups is 2. The molecule has 6 rings (SSSR count). The van der Waals surface area contributed by atoms with Gasteiger partial charge < -0.3 is 41.3 Å². The molecule has 64 heavy (non-hydrogen) atoms. The number of aromatic nitrogens is 1. The number of rotatable bonds is 17. The van der Waals surface area contributed by atoms with Crippen molar-refractivity contribution in [2.45, 2.75) is 88.7 Å². The fraction of sp³-hybridized carbons (Fsp3) is 0.467. The van der Waals surface area contributed by atoms with E-state index < -0.39 is 48.3 Å². The Morgan fingerprint density at radius 2 is 1.62 bits per heavy atom. The third-order valence-electron chi connectivity index (χ3n) is 11.9. The number of hydrogen-bond donors (Lipinski definition) is 6. The smallest absolute Gasteiger partial charge is 0.407 e. The molecule has 3 saturated heterocycles. The molecule has 2 aromatic carbocycles. The summed E-state index contributed by atoms with van der Waals surface area (Å²) in [5.41, 5.74) is 9.13. The second-order valence-electron chi connectivity index (χ2n) is 16.8. The third kappa shape index (κ3) is 12.1. The molecule has 344 valence electrons. The summed E-state index contributed by atoms with van der Waals surface area (Å²) in [7, 11) is 0.944. The van der Waals surface area contributed by atoms with Crippen LogP contribution in [0.1, 0.15) is 54.5 Å². The predicted octanol–water partition coefficient (Wildman–Crippen LogP) is 4.30. The lowest BCUT2D eigenvalue weighted by atomic mass is 9.83. The second kappa shape index (κ2) is 20.9. The van der Waals surface area contributed by atoms with Crippen LogP contribution in [0.2, 0.25) is 0 Å². The molecule has 2 bridgehead atoms. The van der Waals surface area contributed by atoms with E-state index in [0.717, 1.165) is 82.0 Å². The summed E-state index contributed by atoms with van der Waals surface area (Å²) in [5, 5.41) is 24.4. The van der Waals surface area contributed by atoms with Crippen molar-refractivity contribution in [3.8, 4) is 11.8 Å². The molecule has 5 atom stereocenters. The highest BCUT2D eigenvalue weighted by Gasteiger charge is 2.56. The number of benzene rings is 2. The van der Waals surface area contributed by atoms with Gasteiger partial charge in [0.2, 0.25) is 0 Å². The number of piperazine rings is 1. The minimum absolute atomic E-state index is 0.0913. The van der Waals surface area contributed by atoms with Crippen LogP contribution in [-0.4, -0.2) is 127 Å². The normalized spacial score (nSPS) is 19.4. The zero-order chi connectivity index (χ0) is 46.2. The van der Waals surface area contributed by atoms with E-state index in [0.29, 0.717) is 29.3 Å². The van der Waals surface area contributed by atoms with E-state index in [4.69, 9.17) is 20.9 Å². The number of hydrogen-bond acceptors (Lipinski definition) is 12. The topological polar surface area (TPSA) is 181 Å². The number of ether oxygens (including phenoxy) is 2. The summed E-state index contributed by atoms with van der Waals surface area (Å²) in [6.45, 7) is 1.73. The van der Waals surface area contributed by atoms with Crippen LogP contribution in [0.5, 0.6) is 0 Å². The molecule has 4 heterocycles. The van der Waals surface area contributed by atoms with Crippen molar-refractivity contribution < 1.29 is 46.1 Å². The Bertz CT molecular complexity index is 2150. The SMILES string of the molecule is COC(=O)N[C@H](C(=O)NN(Cc1ccc(C(=N)/C=C\NC(F)F)cc1)C[C@H](O)[C@@H](N)Cc1ccc(C#Cc2ccc(N3CC4CCC(C3)N4C3COC3)nc2)cc1)C(C)(C)C(F)(F)F. The molecule has 0 radical (unpaired) electrons. The van der Waals surface area contributed by atoms with E-state index in [1.165, 1.54) is 30.0 Å². The largest absolute Gasteiger partial charge is 0.453 e. The summed E-state index contributed by atoms with van der Waals surface area (Å²) < 4.78 is 77.4. The number of alkyl carbamates (subject to hydrolysis) is 1. The maximum Gasteiger partial charge on any atom is 0.407 e. The molecule has 3 aliphatic heterocycles. The number of carbonyl (C=O) groups excluding carboxylic acids is 2. The van der Waals surface area contributed by atoms with Gasteiger partial charge in [-0.3, -0.25) is 15.1 Å². The molecule has 2 unspecified atom stereocenters. The number of aliphatic hydroxyl groups is 1. The molecule has 3 fully saturated rings. The molecule has 1 aromatic heterocycles. The first kappa shape index (κ1) is 47.8. The number of fused-ring (bicyclic) bond motifs is 2. The Labute approximate surface area is 368 Å².